The van der Waals surface area contributed by atoms with Crippen molar-refractivity contribution in [2.45, 2.75) is 51.4 Å². The fourth-order valence-electron chi connectivity index (χ4n) is 3.56. The van der Waals surface area contributed by atoms with Gasteiger partial charge in [0.25, 0.3) is 0 Å². The summed E-state index contributed by atoms with van der Waals surface area (Å²) < 4.78 is 22.8. The zero-order valence-corrected chi connectivity index (χ0v) is 13.1. The summed E-state index contributed by atoms with van der Waals surface area (Å²) >= 11 is 0. The van der Waals surface area contributed by atoms with Crippen molar-refractivity contribution in [1.82, 2.24) is 4.90 Å². The number of sulfone groups is 1. The highest BCUT2D eigenvalue weighted by atomic mass is 32.2. The molecule has 1 heterocycles. The van der Waals surface area contributed by atoms with Crippen molar-refractivity contribution in [3.63, 3.8) is 0 Å². The largest absolute Gasteiger partial charge is 0.306 e. The molecule has 0 aromatic carbocycles. The smallest absolute Gasteiger partial charge is 0.150 e. The summed E-state index contributed by atoms with van der Waals surface area (Å²) in [5.41, 5.74) is 0. The van der Waals surface area contributed by atoms with E-state index in [1.54, 1.807) is 0 Å². The molecular formula is C15H29NO2S. The van der Waals surface area contributed by atoms with Crippen LogP contribution in [0.3, 0.4) is 0 Å². The summed E-state index contributed by atoms with van der Waals surface area (Å²) in [4.78, 5) is 2.39. The first-order chi connectivity index (χ1) is 9.05. The molecule has 0 bridgehead atoms. The summed E-state index contributed by atoms with van der Waals surface area (Å²) in [6.07, 6.45) is 10.4. The van der Waals surface area contributed by atoms with Gasteiger partial charge in [-0.3, -0.25) is 0 Å². The van der Waals surface area contributed by atoms with Crippen molar-refractivity contribution >= 4 is 9.84 Å². The zero-order chi connectivity index (χ0) is 13.7. The van der Waals surface area contributed by atoms with Gasteiger partial charge in [0, 0.05) is 0 Å². The highest BCUT2D eigenvalue weighted by Gasteiger charge is 2.27. The minimum Gasteiger partial charge on any atom is -0.306 e. The summed E-state index contributed by atoms with van der Waals surface area (Å²) in [6.45, 7) is 2.24. The molecule has 0 spiro atoms. The SMILES string of the molecule is CN(CCCC1CCCC1)CCC1CCS(=O)(=O)C1. The van der Waals surface area contributed by atoms with Crippen molar-refractivity contribution in [2.24, 2.45) is 11.8 Å². The van der Waals surface area contributed by atoms with Crippen molar-refractivity contribution in [3.05, 3.63) is 0 Å². The van der Waals surface area contributed by atoms with Crippen molar-refractivity contribution in [1.29, 1.82) is 0 Å². The van der Waals surface area contributed by atoms with E-state index in [1.807, 2.05) is 0 Å². The molecule has 1 aliphatic heterocycles. The number of hydrogen-bond donors (Lipinski definition) is 0. The lowest BCUT2D eigenvalue weighted by Gasteiger charge is -2.19. The first-order valence-corrected chi connectivity index (χ1v) is 9.76. The Hall–Kier alpha value is -0.0900. The van der Waals surface area contributed by atoms with Gasteiger partial charge >= 0.3 is 0 Å². The average Bonchev–Trinajstić information content (AvgIpc) is 2.96. The summed E-state index contributed by atoms with van der Waals surface area (Å²) in [6, 6.07) is 0. The highest BCUT2D eigenvalue weighted by Crippen LogP contribution is 2.28. The maximum Gasteiger partial charge on any atom is 0.150 e. The summed E-state index contributed by atoms with van der Waals surface area (Å²) in [5, 5.41) is 0. The Morgan fingerprint density at radius 3 is 2.37 bits per heavy atom. The third kappa shape index (κ3) is 5.42. The second kappa shape index (κ2) is 7.07. The molecule has 1 unspecified atom stereocenters. The van der Waals surface area contributed by atoms with Gasteiger partial charge in [0.15, 0.2) is 9.84 Å². The lowest BCUT2D eigenvalue weighted by Crippen LogP contribution is -2.23. The van der Waals surface area contributed by atoms with Gasteiger partial charge in [-0.2, -0.15) is 0 Å². The van der Waals surface area contributed by atoms with Crippen LogP contribution in [0.4, 0.5) is 0 Å². The van der Waals surface area contributed by atoms with Crippen molar-refractivity contribution < 1.29 is 8.42 Å². The van der Waals surface area contributed by atoms with Crippen LogP contribution in [0.25, 0.3) is 0 Å². The fraction of sp³-hybridized carbons (Fsp3) is 1.00. The third-order valence-electron chi connectivity index (χ3n) is 4.87. The van der Waals surface area contributed by atoms with Crippen molar-refractivity contribution in [3.8, 4) is 0 Å². The van der Waals surface area contributed by atoms with Crippen LogP contribution in [0.1, 0.15) is 51.4 Å². The Balaban J connectivity index is 1.53. The molecule has 0 N–H and O–H groups in total. The first-order valence-electron chi connectivity index (χ1n) is 7.94. The molecule has 112 valence electrons. The molecule has 19 heavy (non-hydrogen) atoms. The van der Waals surface area contributed by atoms with E-state index < -0.39 is 9.84 Å². The molecule has 0 aromatic rings. The van der Waals surface area contributed by atoms with E-state index in [1.165, 1.54) is 45.1 Å². The van der Waals surface area contributed by atoms with E-state index in [0.29, 0.717) is 17.4 Å². The maximum absolute atomic E-state index is 11.4. The molecule has 0 radical (unpaired) electrons. The first kappa shape index (κ1) is 15.3. The van der Waals surface area contributed by atoms with Crippen molar-refractivity contribution in [2.75, 3.05) is 31.6 Å². The van der Waals surface area contributed by atoms with Gasteiger partial charge in [-0.25, -0.2) is 8.42 Å². The third-order valence-corrected chi connectivity index (χ3v) is 6.71. The second-order valence-electron chi connectivity index (χ2n) is 6.65. The fourth-order valence-corrected chi connectivity index (χ4v) is 5.47. The zero-order valence-electron chi connectivity index (χ0n) is 12.3. The Morgan fingerprint density at radius 1 is 1.00 bits per heavy atom. The van der Waals surface area contributed by atoms with Crippen LogP contribution < -0.4 is 0 Å². The molecule has 1 atom stereocenters. The number of rotatable bonds is 7. The lowest BCUT2D eigenvalue weighted by molar-refractivity contribution is 0.291. The lowest BCUT2D eigenvalue weighted by atomic mass is 10.0. The van der Waals surface area contributed by atoms with E-state index in [9.17, 15) is 8.42 Å². The topological polar surface area (TPSA) is 37.4 Å². The predicted molar refractivity (Wildman–Crippen MR) is 80.1 cm³/mol. The molecule has 1 saturated heterocycles. The standard InChI is InChI=1S/C15H29NO2S/c1-16(10-4-7-14-5-2-3-6-14)11-8-15-9-12-19(17,18)13-15/h14-15H,2-13H2,1H3. The Bertz CT molecular complexity index is 360. The molecule has 0 amide bonds. The molecule has 3 nitrogen and oxygen atoms in total. The van der Waals surface area contributed by atoms with Gasteiger partial charge in [-0.05, 0) is 57.7 Å². The summed E-state index contributed by atoms with van der Waals surface area (Å²) in [5.74, 6) is 2.27. The van der Waals surface area contributed by atoms with Gasteiger partial charge in [0.1, 0.15) is 0 Å². The Labute approximate surface area is 118 Å². The predicted octanol–water partition coefficient (Wildman–Crippen LogP) is 2.71. The van der Waals surface area contributed by atoms with Gasteiger partial charge in [0.2, 0.25) is 0 Å². The van der Waals surface area contributed by atoms with Crippen LogP contribution in [0.2, 0.25) is 0 Å². The van der Waals surface area contributed by atoms with E-state index in [-0.39, 0.29) is 0 Å². The molecule has 2 fully saturated rings. The van der Waals surface area contributed by atoms with E-state index in [0.717, 1.165) is 25.3 Å². The molecule has 2 rings (SSSR count). The molecule has 1 aliphatic carbocycles. The molecule has 0 aromatic heterocycles. The maximum atomic E-state index is 11.4. The average molecular weight is 287 g/mol. The van der Waals surface area contributed by atoms with Gasteiger partial charge in [0.05, 0.1) is 11.5 Å². The van der Waals surface area contributed by atoms with Gasteiger partial charge < -0.3 is 4.90 Å². The highest BCUT2D eigenvalue weighted by molar-refractivity contribution is 7.91. The van der Waals surface area contributed by atoms with Crippen LogP contribution in [0, 0.1) is 11.8 Å². The monoisotopic (exact) mass is 287 g/mol. The van der Waals surface area contributed by atoms with Crippen LogP contribution in [-0.4, -0.2) is 45.0 Å². The summed E-state index contributed by atoms with van der Waals surface area (Å²) in [7, 11) is -0.511. The van der Waals surface area contributed by atoms with Crippen LogP contribution >= 0.6 is 0 Å². The van der Waals surface area contributed by atoms with Crippen LogP contribution in [-0.2, 0) is 9.84 Å². The van der Waals surface area contributed by atoms with Gasteiger partial charge in [-0.1, -0.05) is 25.7 Å². The molecule has 1 saturated carbocycles. The minimum absolute atomic E-state index is 0.419. The van der Waals surface area contributed by atoms with E-state index in [2.05, 4.69) is 11.9 Å². The minimum atomic E-state index is -2.69. The molecule has 4 heteroatoms. The second-order valence-corrected chi connectivity index (χ2v) is 8.88. The molecule has 2 aliphatic rings. The van der Waals surface area contributed by atoms with Crippen LogP contribution in [0.5, 0.6) is 0 Å². The van der Waals surface area contributed by atoms with E-state index in [4.69, 9.17) is 0 Å². The molecular weight excluding hydrogens is 258 g/mol. The number of hydrogen-bond acceptors (Lipinski definition) is 3. The normalized spacial score (nSPS) is 27.4. The van der Waals surface area contributed by atoms with E-state index >= 15 is 0 Å². The quantitative estimate of drug-likeness (QED) is 0.722. The Morgan fingerprint density at radius 2 is 1.74 bits per heavy atom. The Kier molecular flexibility index (Phi) is 5.70. The van der Waals surface area contributed by atoms with Crippen LogP contribution in [0.15, 0.2) is 0 Å². The number of nitrogens with zero attached hydrogens (tertiary/aromatic N) is 1. The van der Waals surface area contributed by atoms with Gasteiger partial charge in [-0.15, -0.1) is 0 Å².